The van der Waals surface area contributed by atoms with Gasteiger partial charge in [-0.3, -0.25) is 4.90 Å². The van der Waals surface area contributed by atoms with Crippen LogP contribution in [0.3, 0.4) is 0 Å². The predicted molar refractivity (Wildman–Crippen MR) is 89.7 cm³/mol. The lowest BCUT2D eigenvalue weighted by molar-refractivity contribution is 0.121. The molecular formula is C17H26BrFN2. The van der Waals surface area contributed by atoms with Crippen molar-refractivity contribution in [3.8, 4) is 0 Å². The lowest BCUT2D eigenvalue weighted by atomic mass is 9.83. The van der Waals surface area contributed by atoms with Gasteiger partial charge in [-0.05, 0) is 62.4 Å². The molecule has 118 valence electrons. The first kappa shape index (κ1) is 16.9. The van der Waals surface area contributed by atoms with Gasteiger partial charge >= 0.3 is 0 Å². The van der Waals surface area contributed by atoms with Crippen molar-refractivity contribution in [2.45, 2.75) is 51.1 Å². The maximum absolute atomic E-state index is 13.6. The number of hydrogen-bond acceptors (Lipinski definition) is 2. The minimum atomic E-state index is -0.199. The zero-order chi connectivity index (χ0) is 15.4. The first-order chi connectivity index (χ1) is 10.1. The molecule has 0 saturated heterocycles. The van der Waals surface area contributed by atoms with Crippen molar-refractivity contribution in [2.75, 3.05) is 13.6 Å². The van der Waals surface area contributed by atoms with E-state index >= 15 is 0 Å². The zero-order valence-corrected chi connectivity index (χ0v) is 14.6. The third-order valence-electron chi connectivity index (χ3n) is 5.00. The van der Waals surface area contributed by atoms with Crippen molar-refractivity contribution in [1.82, 2.24) is 4.90 Å². The molecule has 0 aromatic heterocycles. The Kier molecular flexibility index (Phi) is 6.20. The topological polar surface area (TPSA) is 29.3 Å². The Morgan fingerprint density at radius 3 is 2.57 bits per heavy atom. The van der Waals surface area contributed by atoms with E-state index < -0.39 is 0 Å². The van der Waals surface area contributed by atoms with E-state index in [1.807, 2.05) is 0 Å². The molecule has 0 aliphatic heterocycles. The van der Waals surface area contributed by atoms with Crippen molar-refractivity contribution in [3.05, 3.63) is 34.1 Å². The van der Waals surface area contributed by atoms with E-state index in [1.165, 1.54) is 38.2 Å². The van der Waals surface area contributed by atoms with E-state index in [-0.39, 0.29) is 11.9 Å². The number of halogens is 2. The van der Waals surface area contributed by atoms with E-state index in [2.05, 4.69) is 34.8 Å². The fourth-order valence-corrected chi connectivity index (χ4v) is 4.01. The van der Waals surface area contributed by atoms with Crippen LogP contribution in [0.2, 0.25) is 0 Å². The molecule has 21 heavy (non-hydrogen) atoms. The molecule has 1 aliphatic carbocycles. The second kappa shape index (κ2) is 7.70. The van der Waals surface area contributed by atoms with Crippen molar-refractivity contribution in [1.29, 1.82) is 0 Å². The minimum absolute atomic E-state index is 0.0678. The minimum Gasteiger partial charge on any atom is -0.329 e. The normalized spacial score (nSPS) is 24.3. The molecule has 0 amide bonds. The summed E-state index contributed by atoms with van der Waals surface area (Å²) in [6.07, 6.45) is 6.32. The Morgan fingerprint density at radius 2 is 2.00 bits per heavy atom. The molecule has 1 unspecified atom stereocenters. The molecule has 0 heterocycles. The van der Waals surface area contributed by atoms with Gasteiger partial charge in [0.2, 0.25) is 0 Å². The van der Waals surface area contributed by atoms with Crippen LogP contribution >= 0.6 is 15.9 Å². The maximum atomic E-state index is 13.6. The number of nitrogens with two attached hydrogens (primary N) is 1. The van der Waals surface area contributed by atoms with Crippen LogP contribution in [-0.4, -0.2) is 24.5 Å². The Labute approximate surface area is 136 Å². The van der Waals surface area contributed by atoms with Crippen LogP contribution in [0.15, 0.2) is 22.7 Å². The highest BCUT2D eigenvalue weighted by atomic mass is 79.9. The smallest absolute Gasteiger partial charge is 0.123 e. The van der Waals surface area contributed by atoms with Gasteiger partial charge in [0.25, 0.3) is 0 Å². The highest BCUT2D eigenvalue weighted by molar-refractivity contribution is 9.10. The highest BCUT2D eigenvalue weighted by Crippen LogP contribution is 2.34. The number of benzene rings is 1. The quantitative estimate of drug-likeness (QED) is 0.841. The first-order valence-corrected chi connectivity index (χ1v) is 8.73. The fourth-order valence-electron chi connectivity index (χ4n) is 3.50. The molecule has 1 aromatic carbocycles. The van der Waals surface area contributed by atoms with E-state index in [1.54, 1.807) is 12.1 Å². The lowest BCUT2D eigenvalue weighted by Gasteiger charge is -2.39. The Hall–Kier alpha value is -0.450. The summed E-state index contributed by atoms with van der Waals surface area (Å²) < 4.78 is 14.5. The molecule has 1 fully saturated rings. The molecule has 2 N–H and O–H groups in total. The molecule has 0 spiro atoms. The summed E-state index contributed by atoms with van der Waals surface area (Å²) in [5, 5.41) is 0. The summed E-state index contributed by atoms with van der Waals surface area (Å²) >= 11 is 3.54. The van der Waals surface area contributed by atoms with Crippen molar-refractivity contribution in [2.24, 2.45) is 11.7 Å². The molecule has 0 bridgehead atoms. The second-order valence-corrected chi connectivity index (χ2v) is 7.02. The summed E-state index contributed by atoms with van der Waals surface area (Å²) in [6, 6.07) is 5.48. The fraction of sp³-hybridized carbons (Fsp3) is 0.647. The largest absolute Gasteiger partial charge is 0.329 e. The van der Waals surface area contributed by atoms with Crippen molar-refractivity contribution < 1.29 is 4.39 Å². The number of hydrogen-bond donors (Lipinski definition) is 1. The van der Waals surface area contributed by atoms with Crippen LogP contribution in [0, 0.1) is 11.7 Å². The van der Waals surface area contributed by atoms with E-state index in [4.69, 9.17) is 5.73 Å². The standard InChI is InChI=1S/C17H26BrFN2/c1-3-12-4-7-14(8-5-12)21(2)17(11-20)15-10-13(19)6-9-16(15)18/h6,9-10,12,14,17H,3-5,7-8,11,20H2,1-2H3. The van der Waals surface area contributed by atoms with Crippen LogP contribution in [0.1, 0.15) is 50.6 Å². The van der Waals surface area contributed by atoms with Gasteiger partial charge in [-0.15, -0.1) is 0 Å². The Morgan fingerprint density at radius 1 is 1.33 bits per heavy atom. The van der Waals surface area contributed by atoms with Crippen LogP contribution < -0.4 is 5.73 Å². The maximum Gasteiger partial charge on any atom is 0.123 e. The van der Waals surface area contributed by atoms with Gasteiger partial charge in [0, 0.05) is 23.1 Å². The predicted octanol–water partition coefficient (Wildman–Crippen LogP) is 4.49. The van der Waals surface area contributed by atoms with E-state index in [9.17, 15) is 4.39 Å². The third-order valence-corrected chi connectivity index (χ3v) is 5.72. The lowest BCUT2D eigenvalue weighted by Crippen LogP contribution is -2.40. The molecule has 1 atom stereocenters. The van der Waals surface area contributed by atoms with Gasteiger partial charge in [0.05, 0.1) is 0 Å². The molecule has 1 aromatic rings. The summed E-state index contributed by atoms with van der Waals surface area (Å²) in [4.78, 5) is 2.35. The van der Waals surface area contributed by atoms with Crippen LogP contribution in [-0.2, 0) is 0 Å². The summed E-state index contributed by atoms with van der Waals surface area (Å²) in [6.45, 7) is 2.79. The average molecular weight is 357 g/mol. The second-order valence-electron chi connectivity index (χ2n) is 6.17. The summed E-state index contributed by atoms with van der Waals surface area (Å²) in [5.74, 6) is 0.682. The molecule has 2 nitrogen and oxygen atoms in total. The van der Waals surface area contributed by atoms with Gasteiger partial charge in [-0.1, -0.05) is 29.3 Å². The van der Waals surface area contributed by atoms with Crippen LogP contribution in [0.25, 0.3) is 0 Å². The van der Waals surface area contributed by atoms with E-state index in [0.29, 0.717) is 12.6 Å². The molecule has 2 rings (SSSR count). The van der Waals surface area contributed by atoms with E-state index in [0.717, 1.165) is 16.0 Å². The Bertz CT molecular complexity index is 458. The van der Waals surface area contributed by atoms with Gasteiger partial charge in [-0.2, -0.15) is 0 Å². The molecule has 1 saturated carbocycles. The van der Waals surface area contributed by atoms with Gasteiger partial charge in [-0.25, -0.2) is 4.39 Å². The van der Waals surface area contributed by atoms with Crippen molar-refractivity contribution >= 4 is 15.9 Å². The third kappa shape index (κ3) is 4.05. The molecule has 1 aliphatic rings. The molecule has 4 heteroatoms. The Balaban J connectivity index is 2.11. The number of rotatable bonds is 5. The van der Waals surface area contributed by atoms with Gasteiger partial charge < -0.3 is 5.73 Å². The molecular weight excluding hydrogens is 331 g/mol. The van der Waals surface area contributed by atoms with Gasteiger partial charge in [0.1, 0.15) is 5.82 Å². The van der Waals surface area contributed by atoms with Gasteiger partial charge in [0.15, 0.2) is 0 Å². The summed E-state index contributed by atoms with van der Waals surface area (Å²) in [5.41, 5.74) is 6.96. The van der Waals surface area contributed by atoms with Crippen LogP contribution in [0.4, 0.5) is 4.39 Å². The monoisotopic (exact) mass is 356 g/mol. The SMILES string of the molecule is CCC1CCC(N(C)C(CN)c2cc(F)ccc2Br)CC1. The molecule has 0 radical (unpaired) electrons. The van der Waals surface area contributed by atoms with Crippen LogP contribution in [0.5, 0.6) is 0 Å². The average Bonchev–Trinajstić information content (AvgIpc) is 2.51. The highest BCUT2D eigenvalue weighted by Gasteiger charge is 2.28. The number of likely N-dealkylation sites (N-methyl/N-ethyl adjacent to an activating group) is 1. The number of nitrogens with zero attached hydrogens (tertiary/aromatic N) is 1. The van der Waals surface area contributed by atoms with Crippen molar-refractivity contribution in [3.63, 3.8) is 0 Å². The summed E-state index contributed by atoms with van der Waals surface area (Å²) in [7, 11) is 2.13. The first-order valence-electron chi connectivity index (χ1n) is 7.93. The zero-order valence-electron chi connectivity index (χ0n) is 13.0.